The molecule has 0 bridgehead atoms. The minimum Gasteiger partial charge on any atom is -0.385 e. The molecule has 0 radical (unpaired) electrons. The molecule has 5 rings (SSSR count). The summed E-state index contributed by atoms with van der Waals surface area (Å²) < 4.78 is 48.3. The zero-order valence-electron chi connectivity index (χ0n) is 29.4. The molecule has 278 valence electrons. The number of methoxy groups -OCH3 is 2. The van der Waals surface area contributed by atoms with Crippen LogP contribution in [0.5, 0.6) is 0 Å². The van der Waals surface area contributed by atoms with Crippen molar-refractivity contribution in [1.82, 2.24) is 0 Å². The predicted molar refractivity (Wildman–Crippen MR) is 219 cm³/mol. The Morgan fingerprint density at radius 3 is 1.85 bits per heavy atom. The Labute approximate surface area is 332 Å². The number of halogens is 4. The van der Waals surface area contributed by atoms with Gasteiger partial charge in [0.1, 0.15) is 21.5 Å². The van der Waals surface area contributed by atoms with Crippen LogP contribution in [0.25, 0.3) is 5.57 Å². The Morgan fingerprint density at radius 1 is 0.698 bits per heavy atom. The number of nitrogens with zero attached hydrogens (tertiary/aromatic N) is 2. The number of hydrogen-bond donors (Lipinski definition) is 1. The summed E-state index contributed by atoms with van der Waals surface area (Å²) in [6, 6.07) is 25.0. The first-order valence-electron chi connectivity index (χ1n) is 17.1. The van der Waals surface area contributed by atoms with Gasteiger partial charge in [0.05, 0.1) is 15.7 Å². The van der Waals surface area contributed by atoms with Crippen LogP contribution in [0.1, 0.15) is 36.8 Å². The molecule has 4 aromatic rings. The van der Waals surface area contributed by atoms with Crippen LogP contribution in [0.2, 0.25) is 20.1 Å². The fourth-order valence-electron chi connectivity index (χ4n) is 6.26. The van der Waals surface area contributed by atoms with Crippen molar-refractivity contribution in [2.24, 2.45) is 0 Å². The minimum absolute atomic E-state index is 0.201. The molecule has 4 aromatic carbocycles. The molecule has 0 heterocycles. The maximum Gasteiger partial charge on any atom is 0.295 e. The van der Waals surface area contributed by atoms with Crippen LogP contribution >= 0.6 is 46.4 Å². The van der Waals surface area contributed by atoms with E-state index in [1.165, 1.54) is 6.07 Å². The average Bonchev–Trinajstić information content (AvgIpc) is 3.14. The van der Waals surface area contributed by atoms with Gasteiger partial charge in [-0.2, -0.15) is 13.0 Å². The van der Waals surface area contributed by atoms with Crippen LogP contribution in [0.15, 0.2) is 120 Å². The predicted octanol–water partition coefficient (Wildman–Crippen LogP) is 11.3. The third kappa shape index (κ3) is 10.2. The molecule has 0 aromatic heterocycles. The molecule has 0 saturated heterocycles. The first-order valence-corrected chi connectivity index (χ1v) is 20.1. The van der Waals surface area contributed by atoms with E-state index < -0.39 is 10.1 Å². The molecule has 1 aliphatic rings. The third-order valence-corrected chi connectivity index (χ3v) is 10.9. The van der Waals surface area contributed by atoms with Crippen molar-refractivity contribution >= 4 is 84.9 Å². The normalized spacial score (nSPS) is 12.7. The van der Waals surface area contributed by atoms with Crippen molar-refractivity contribution in [2.45, 2.75) is 30.6 Å². The van der Waals surface area contributed by atoms with E-state index in [0.29, 0.717) is 68.9 Å². The molecular formula is C41H41Cl4N2O5S+. The van der Waals surface area contributed by atoms with Gasteiger partial charge < -0.3 is 14.4 Å². The van der Waals surface area contributed by atoms with Crippen LogP contribution in [0.4, 0.5) is 17.1 Å². The van der Waals surface area contributed by atoms with Crippen molar-refractivity contribution in [2.75, 3.05) is 45.4 Å². The molecule has 7 nitrogen and oxygen atoms in total. The summed E-state index contributed by atoms with van der Waals surface area (Å²) in [6.45, 7) is 2.52. The number of unbranched alkanes of at least 4 members (excludes halogenated alkanes) is 2. The summed E-state index contributed by atoms with van der Waals surface area (Å²) in [5, 5.41) is 2.09. The molecule has 0 aliphatic heterocycles. The van der Waals surface area contributed by atoms with Crippen LogP contribution < -0.4 is 4.90 Å². The number of ether oxygens (including phenoxy) is 2. The van der Waals surface area contributed by atoms with Crippen LogP contribution in [0, 0.1) is 0 Å². The van der Waals surface area contributed by atoms with Gasteiger partial charge in [0.15, 0.2) is 0 Å². The maximum atomic E-state index is 12.7. The summed E-state index contributed by atoms with van der Waals surface area (Å²) >= 11 is 26.8. The number of hydrogen-bond acceptors (Lipinski definition) is 5. The molecular weight excluding hydrogens is 774 g/mol. The lowest BCUT2D eigenvalue weighted by molar-refractivity contribution is -0.439. The van der Waals surface area contributed by atoms with E-state index in [1.807, 2.05) is 85.0 Å². The smallest absolute Gasteiger partial charge is 0.295 e. The quantitative estimate of drug-likeness (QED) is 0.0689. The molecule has 0 fully saturated rings. The average molecular weight is 816 g/mol. The lowest BCUT2D eigenvalue weighted by Crippen LogP contribution is -2.19. The van der Waals surface area contributed by atoms with Gasteiger partial charge in [-0.25, -0.2) is 0 Å². The molecule has 1 aliphatic carbocycles. The molecule has 0 amide bonds. The Morgan fingerprint density at radius 2 is 1.26 bits per heavy atom. The number of para-hydroxylation sites is 2. The highest BCUT2D eigenvalue weighted by Crippen LogP contribution is 2.40. The van der Waals surface area contributed by atoms with Crippen LogP contribution in [-0.4, -0.2) is 63.8 Å². The van der Waals surface area contributed by atoms with Crippen LogP contribution in [-0.2, 0) is 19.6 Å². The van der Waals surface area contributed by atoms with Gasteiger partial charge >= 0.3 is 0 Å². The number of allylic oxidation sites excluding steroid dienone is 5. The Kier molecular flexibility index (Phi) is 14.8. The fraction of sp³-hybridized carbons (Fsp3) is 0.244. The minimum atomic E-state index is -4.58. The Balaban J connectivity index is 1.64. The van der Waals surface area contributed by atoms with E-state index in [0.717, 1.165) is 48.2 Å². The van der Waals surface area contributed by atoms with Crippen molar-refractivity contribution < 1.29 is 27.0 Å². The topological polar surface area (TPSA) is 79.1 Å². The van der Waals surface area contributed by atoms with Gasteiger partial charge in [-0.15, -0.1) is 0 Å². The first-order chi connectivity index (χ1) is 25.5. The van der Waals surface area contributed by atoms with Gasteiger partial charge in [-0.3, -0.25) is 4.55 Å². The molecule has 1 N–H and O–H groups in total. The Bertz CT molecular complexity index is 2090. The SMILES string of the molecule is COCCCCN(c1ccc(C(=C2C=CC(=[N+](CCCCOC)c3c(Cl)cccc3Cl)C=C2)c2ccccc2S(=O)(=O)O)cc1)c1c(Cl)cccc1Cl. The number of rotatable bonds is 16. The summed E-state index contributed by atoms with van der Waals surface area (Å²) in [6.07, 6.45) is 11.1. The van der Waals surface area contributed by atoms with Crippen molar-refractivity contribution in [1.29, 1.82) is 0 Å². The van der Waals surface area contributed by atoms with Gasteiger partial charge in [-0.1, -0.05) is 88.9 Å². The van der Waals surface area contributed by atoms with E-state index in [9.17, 15) is 13.0 Å². The second-order valence-corrected chi connectivity index (χ2v) is 15.3. The van der Waals surface area contributed by atoms with E-state index in [4.69, 9.17) is 55.9 Å². The van der Waals surface area contributed by atoms with Gasteiger partial charge in [0.25, 0.3) is 10.1 Å². The molecule has 0 unspecified atom stereocenters. The maximum absolute atomic E-state index is 12.7. The third-order valence-electron chi connectivity index (χ3n) is 8.74. The number of benzene rings is 4. The highest BCUT2D eigenvalue weighted by atomic mass is 35.5. The molecule has 12 heteroatoms. The zero-order valence-corrected chi connectivity index (χ0v) is 33.3. The first kappa shape index (κ1) is 40.7. The lowest BCUT2D eigenvalue weighted by atomic mass is 9.90. The second kappa shape index (κ2) is 19.2. The zero-order chi connectivity index (χ0) is 38.0. The van der Waals surface area contributed by atoms with E-state index >= 15 is 0 Å². The highest BCUT2D eigenvalue weighted by Gasteiger charge is 2.25. The van der Waals surface area contributed by atoms with E-state index in [1.54, 1.807) is 32.4 Å². The second-order valence-electron chi connectivity index (χ2n) is 12.3. The van der Waals surface area contributed by atoms with Gasteiger partial charge in [-0.05, 0) is 90.6 Å². The fourth-order valence-corrected chi connectivity index (χ4v) is 8.16. The number of anilines is 2. The molecule has 0 atom stereocenters. The summed E-state index contributed by atoms with van der Waals surface area (Å²) in [4.78, 5) is 1.87. The largest absolute Gasteiger partial charge is 0.385 e. The van der Waals surface area contributed by atoms with E-state index in [-0.39, 0.29) is 4.90 Å². The highest BCUT2D eigenvalue weighted by molar-refractivity contribution is 7.86. The molecule has 0 saturated carbocycles. The molecule has 0 spiro atoms. The Hall–Kier alpha value is -3.44. The van der Waals surface area contributed by atoms with Crippen molar-refractivity contribution in [3.05, 3.63) is 146 Å². The summed E-state index contributed by atoms with van der Waals surface area (Å²) in [7, 11) is -1.22. The van der Waals surface area contributed by atoms with Crippen molar-refractivity contribution in [3.8, 4) is 0 Å². The lowest BCUT2D eigenvalue weighted by Gasteiger charge is -2.27. The van der Waals surface area contributed by atoms with Crippen LogP contribution in [0.3, 0.4) is 0 Å². The summed E-state index contributed by atoms with van der Waals surface area (Å²) in [5.41, 5.74) is 5.51. The monoisotopic (exact) mass is 813 g/mol. The molecule has 53 heavy (non-hydrogen) atoms. The van der Waals surface area contributed by atoms with Gasteiger partial charge in [0.2, 0.25) is 11.4 Å². The van der Waals surface area contributed by atoms with E-state index in [2.05, 4.69) is 9.48 Å². The van der Waals surface area contributed by atoms with Crippen molar-refractivity contribution in [3.63, 3.8) is 0 Å². The standard InChI is InChI=1S/C41H40Cl4N2O5S/c1-51-27-7-5-25-46(40-34(42)12-9-13-35(40)43)31-21-17-29(18-22-31)39(33-11-3-4-16-38(33)53(48,49)50)30-19-23-32(24-20-30)47(26-6-8-28-52-2)41-36(44)14-10-15-37(41)45/h3-4,9-24H,5-8,25-28H2,1-2H3/p+1. The summed E-state index contributed by atoms with van der Waals surface area (Å²) in [5.74, 6) is 0. The van der Waals surface area contributed by atoms with Gasteiger partial charge in [0, 0.05) is 63.8 Å².